The van der Waals surface area contributed by atoms with Crippen molar-refractivity contribution in [2.75, 3.05) is 6.61 Å². The first kappa shape index (κ1) is 12.9. The highest BCUT2D eigenvalue weighted by molar-refractivity contribution is 5.98. The van der Waals surface area contributed by atoms with Crippen molar-refractivity contribution in [3.63, 3.8) is 0 Å². The molecule has 0 atom stereocenters. The maximum absolute atomic E-state index is 11.9. The van der Waals surface area contributed by atoms with Crippen LogP contribution in [-0.2, 0) is 4.74 Å². The summed E-state index contributed by atoms with van der Waals surface area (Å²) in [6.07, 6.45) is 0. The number of ether oxygens (including phenoxy) is 1. The quantitative estimate of drug-likeness (QED) is 0.730. The van der Waals surface area contributed by atoms with Crippen molar-refractivity contribution in [2.45, 2.75) is 40.2 Å². The van der Waals surface area contributed by atoms with Gasteiger partial charge in [-0.2, -0.15) is 0 Å². The number of carbonyl (C=O) groups excluding carboxylic acids is 1. The third-order valence-corrected chi connectivity index (χ3v) is 2.32. The maximum atomic E-state index is 11.9. The summed E-state index contributed by atoms with van der Waals surface area (Å²) in [5.41, 5.74) is 2.68. The van der Waals surface area contributed by atoms with Gasteiger partial charge in [-0.1, -0.05) is 23.8 Å². The second-order valence-electron chi connectivity index (χ2n) is 5.14. The number of carbonyl (C=O) groups is 1. The van der Waals surface area contributed by atoms with Crippen molar-refractivity contribution in [1.82, 2.24) is 0 Å². The SMILES string of the molecule is Cc1ccc(C(=O)COC(C)(C)C)c(C)c1. The van der Waals surface area contributed by atoms with Gasteiger partial charge in [-0.3, -0.25) is 4.79 Å². The van der Waals surface area contributed by atoms with E-state index in [1.165, 1.54) is 5.56 Å². The van der Waals surface area contributed by atoms with Crippen LogP contribution in [0.2, 0.25) is 0 Å². The van der Waals surface area contributed by atoms with Crippen LogP contribution in [-0.4, -0.2) is 18.0 Å². The molecule has 0 aliphatic heterocycles. The van der Waals surface area contributed by atoms with Crippen LogP contribution >= 0.6 is 0 Å². The molecule has 0 saturated heterocycles. The van der Waals surface area contributed by atoms with Crippen molar-refractivity contribution in [2.24, 2.45) is 0 Å². The van der Waals surface area contributed by atoms with Gasteiger partial charge < -0.3 is 4.74 Å². The lowest BCUT2D eigenvalue weighted by Crippen LogP contribution is -2.24. The maximum Gasteiger partial charge on any atom is 0.188 e. The van der Waals surface area contributed by atoms with E-state index >= 15 is 0 Å². The average molecular weight is 220 g/mol. The van der Waals surface area contributed by atoms with Gasteiger partial charge in [-0.05, 0) is 40.2 Å². The van der Waals surface area contributed by atoms with E-state index in [9.17, 15) is 4.79 Å². The molecule has 0 radical (unpaired) electrons. The first-order valence-corrected chi connectivity index (χ1v) is 5.54. The molecule has 1 aromatic rings. The van der Waals surface area contributed by atoms with E-state index < -0.39 is 0 Å². The van der Waals surface area contributed by atoms with Crippen molar-refractivity contribution >= 4 is 5.78 Å². The summed E-state index contributed by atoms with van der Waals surface area (Å²) >= 11 is 0. The fraction of sp³-hybridized carbons (Fsp3) is 0.500. The van der Waals surface area contributed by atoms with E-state index in [0.29, 0.717) is 0 Å². The molecule has 1 rings (SSSR count). The molecule has 0 bridgehead atoms. The van der Waals surface area contributed by atoms with Crippen LogP contribution in [0.1, 0.15) is 42.3 Å². The predicted molar refractivity (Wildman–Crippen MR) is 66.0 cm³/mol. The predicted octanol–water partition coefficient (Wildman–Crippen LogP) is 3.30. The average Bonchev–Trinajstić information content (AvgIpc) is 2.13. The Balaban J connectivity index is 2.74. The van der Waals surface area contributed by atoms with E-state index in [0.717, 1.165) is 11.1 Å². The monoisotopic (exact) mass is 220 g/mol. The Labute approximate surface area is 97.6 Å². The number of hydrogen-bond acceptors (Lipinski definition) is 2. The molecular weight excluding hydrogens is 200 g/mol. The van der Waals surface area contributed by atoms with Gasteiger partial charge in [-0.15, -0.1) is 0 Å². The van der Waals surface area contributed by atoms with E-state index in [-0.39, 0.29) is 18.0 Å². The highest BCUT2D eigenvalue weighted by Gasteiger charge is 2.15. The molecule has 2 nitrogen and oxygen atoms in total. The van der Waals surface area contributed by atoms with Crippen molar-refractivity contribution < 1.29 is 9.53 Å². The number of rotatable bonds is 3. The van der Waals surface area contributed by atoms with Crippen LogP contribution in [0, 0.1) is 13.8 Å². The van der Waals surface area contributed by atoms with Crippen molar-refractivity contribution in [1.29, 1.82) is 0 Å². The van der Waals surface area contributed by atoms with Crippen LogP contribution in [0.15, 0.2) is 18.2 Å². The van der Waals surface area contributed by atoms with Gasteiger partial charge in [0.1, 0.15) is 6.61 Å². The zero-order valence-electron chi connectivity index (χ0n) is 10.8. The van der Waals surface area contributed by atoms with E-state index in [2.05, 4.69) is 0 Å². The molecule has 0 amide bonds. The van der Waals surface area contributed by atoms with Crippen LogP contribution < -0.4 is 0 Å². The fourth-order valence-corrected chi connectivity index (χ4v) is 1.49. The third-order valence-electron chi connectivity index (χ3n) is 2.32. The first-order chi connectivity index (χ1) is 7.29. The number of ketones is 1. The van der Waals surface area contributed by atoms with Gasteiger partial charge in [0, 0.05) is 5.56 Å². The minimum Gasteiger partial charge on any atom is -0.368 e. The van der Waals surface area contributed by atoms with Gasteiger partial charge in [0.25, 0.3) is 0 Å². The van der Waals surface area contributed by atoms with E-state index in [1.54, 1.807) is 0 Å². The molecule has 0 aromatic heterocycles. The minimum absolute atomic E-state index is 0.0485. The topological polar surface area (TPSA) is 26.3 Å². The lowest BCUT2D eigenvalue weighted by Gasteiger charge is -2.19. The molecule has 0 fully saturated rings. The number of hydrogen-bond donors (Lipinski definition) is 0. The molecule has 1 aromatic carbocycles. The lowest BCUT2D eigenvalue weighted by atomic mass is 10.0. The molecular formula is C14H20O2. The smallest absolute Gasteiger partial charge is 0.188 e. The highest BCUT2D eigenvalue weighted by atomic mass is 16.5. The Morgan fingerprint density at radius 1 is 1.25 bits per heavy atom. The summed E-state index contributed by atoms with van der Waals surface area (Å²) in [6.45, 7) is 9.96. The van der Waals surface area contributed by atoms with Gasteiger partial charge >= 0.3 is 0 Å². The molecule has 0 heterocycles. The van der Waals surface area contributed by atoms with Crippen LogP contribution in [0.25, 0.3) is 0 Å². The first-order valence-electron chi connectivity index (χ1n) is 5.54. The van der Waals surface area contributed by atoms with E-state index in [4.69, 9.17) is 4.74 Å². The van der Waals surface area contributed by atoms with Crippen LogP contribution in [0.4, 0.5) is 0 Å². The summed E-state index contributed by atoms with van der Waals surface area (Å²) in [5, 5.41) is 0. The molecule has 0 aliphatic rings. The van der Waals surface area contributed by atoms with Gasteiger partial charge in [0.15, 0.2) is 5.78 Å². The van der Waals surface area contributed by atoms with Gasteiger partial charge in [-0.25, -0.2) is 0 Å². The van der Waals surface area contributed by atoms with Crippen molar-refractivity contribution in [3.05, 3.63) is 34.9 Å². The minimum atomic E-state index is -0.270. The van der Waals surface area contributed by atoms with Crippen molar-refractivity contribution in [3.8, 4) is 0 Å². The number of Topliss-reactive ketones (excluding diaryl/α,β-unsaturated/α-hetero) is 1. The second kappa shape index (κ2) is 4.79. The standard InChI is InChI=1S/C14H20O2/c1-10-6-7-12(11(2)8-10)13(15)9-16-14(3,4)5/h6-8H,9H2,1-5H3. The Bertz CT molecular complexity index is 386. The Hall–Kier alpha value is -1.15. The van der Waals surface area contributed by atoms with Crippen LogP contribution in [0.5, 0.6) is 0 Å². The molecule has 16 heavy (non-hydrogen) atoms. The number of aryl methyl sites for hydroxylation is 2. The fourth-order valence-electron chi connectivity index (χ4n) is 1.49. The molecule has 0 aliphatic carbocycles. The molecule has 2 heteroatoms. The van der Waals surface area contributed by atoms with Gasteiger partial charge in [0.2, 0.25) is 0 Å². The summed E-state index contributed by atoms with van der Waals surface area (Å²) in [7, 11) is 0. The summed E-state index contributed by atoms with van der Waals surface area (Å²) in [5.74, 6) is 0.0485. The van der Waals surface area contributed by atoms with Gasteiger partial charge in [0.05, 0.1) is 5.60 Å². The summed E-state index contributed by atoms with van der Waals surface area (Å²) in [4.78, 5) is 11.9. The normalized spacial score (nSPS) is 11.6. The summed E-state index contributed by atoms with van der Waals surface area (Å²) < 4.78 is 5.48. The largest absolute Gasteiger partial charge is 0.368 e. The zero-order valence-corrected chi connectivity index (χ0v) is 10.8. The second-order valence-corrected chi connectivity index (χ2v) is 5.14. The Morgan fingerprint density at radius 3 is 2.38 bits per heavy atom. The Kier molecular flexibility index (Phi) is 3.87. The summed E-state index contributed by atoms with van der Waals surface area (Å²) in [6, 6.07) is 5.85. The zero-order chi connectivity index (χ0) is 12.3. The molecule has 0 N–H and O–H groups in total. The molecule has 0 saturated carbocycles. The molecule has 88 valence electrons. The molecule has 0 unspecified atom stereocenters. The van der Waals surface area contributed by atoms with E-state index in [1.807, 2.05) is 52.8 Å². The van der Waals surface area contributed by atoms with Crippen LogP contribution in [0.3, 0.4) is 0 Å². The Morgan fingerprint density at radius 2 is 1.88 bits per heavy atom. The highest BCUT2D eigenvalue weighted by Crippen LogP contribution is 2.13. The number of benzene rings is 1. The molecule has 0 spiro atoms. The lowest BCUT2D eigenvalue weighted by molar-refractivity contribution is 0.00303. The third kappa shape index (κ3) is 3.78.